The fraction of sp³-hybridized carbons (Fsp3) is 0.133. The third-order valence-corrected chi connectivity index (χ3v) is 2.85. The Balaban J connectivity index is 2.12. The maximum Gasteiger partial charge on any atom is 0.193 e. The standard InChI is InChI=1S/C15H15NOS/c17-15(12-4-2-1-3-5-12)13-6-8-14(9-7-13)16-10-11-18/h1-9,16,18H,10-11H2. The summed E-state index contributed by atoms with van der Waals surface area (Å²) in [7, 11) is 0. The number of hydrogen-bond donors (Lipinski definition) is 2. The lowest BCUT2D eigenvalue weighted by molar-refractivity contribution is 0.103. The summed E-state index contributed by atoms with van der Waals surface area (Å²) >= 11 is 4.13. The van der Waals surface area contributed by atoms with E-state index in [2.05, 4.69) is 17.9 Å². The summed E-state index contributed by atoms with van der Waals surface area (Å²) in [5.74, 6) is 0.835. The summed E-state index contributed by atoms with van der Waals surface area (Å²) in [5.41, 5.74) is 2.43. The lowest BCUT2D eigenvalue weighted by atomic mass is 10.0. The number of benzene rings is 2. The summed E-state index contributed by atoms with van der Waals surface area (Å²) in [4.78, 5) is 12.1. The molecule has 0 aromatic heterocycles. The molecule has 0 bridgehead atoms. The van der Waals surface area contributed by atoms with E-state index < -0.39 is 0 Å². The van der Waals surface area contributed by atoms with Crippen LogP contribution in [0.4, 0.5) is 5.69 Å². The summed E-state index contributed by atoms with van der Waals surface area (Å²) in [6.07, 6.45) is 0. The van der Waals surface area contributed by atoms with E-state index in [1.165, 1.54) is 0 Å². The first-order chi connectivity index (χ1) is 8.81. The average molecular weight is 257 g/mol. The van der Waals surface area contributed by atoms with E-state index in [1.54, 1.807) is 0 Å². The normalized spacial score (nSPS) is 10.1. The second kappa shape index (κ2) is 6.26. The molecule has 2 aromatic carbocycles. The number of carbonyl (C=O) groups excluding carboxylic acids is 1. The molecule has 0 fully saturated rings. The van der Waals surface area contributed by atoms with Crippen molar-refractivity contribution in [2.24, 2.45) is 0 Å². The Kier molecular flexibility index (Phi) is 4.42. The highest BCUT2D eigenvalue weighted by Crippen LogP contribution is 2.13. The molecule has 3 heteroatoms. The molecular weight excluding hydrogens is 242 g/mol. The monoisotopic (exact) mass is 257 g/mol. The van der Waals surface area contributed by atoms with Gasteiger partial charge in [0, 0.05) is 29.1 Å². The minimum absolute atomic E-state index is 0.0522. The van der Waals surface area contributed by atoms with Crippen LogP contribution in [0.15, 0.2) is 54.6 Å². The van der Waals surface area contributed by atoms with Gasteiger partial charge in [-0.05, 0) is 24.3 Å². The second-order valence-electron chi connectivity index (χ2n) is 3.92. The van der Waals surface area contributed by atoms with E-state index in [0.717, 1.165) is 18.0 Å². The van der Waals surface area contributed by atoms with Crippen LogP contribution < -0.4 is 5.32 Å². The first kappa shape index (κ1) is 12.7. The Morgan fingerprint density at radius 2 is 1.56 bits per heavy atom. The number of nitrogens with one attached hydrogen (secondary N) is 1. The van der Waals surface area contributed by atoms with E-state index in [0.29, 0.717) is 11.1 Å². The molecular formula is C15H15NOS. The molecule has 0 saturated carbocycles. The first-order valence-electron chi connectivity index (χ1n) is 5.86. The van der Waals surface area contributed by atoms with Gasteiger partial charge >= 0.3 is 0 Å². The van der Waals surface area contributed by atoms with Gasteiger partial charge in [0.15, 0.2) is 5.78 Å². The van der Waals surface area contributed by atoms with Crippen molar-refractivity contribution < 1.29 is 4.79 Å². The van der Waals surface area contributed by atoms with Crippen molar-refractivity contribution in [3.05, 3.63) is 65.7 Å². The SMILES string of the molecule is O=C(c1ccccc1)c1ccc(NCCS)cc1. The molecule has 0 heterocycles. The van der Waals surface area contributed by atoms with E-state index in [1.807, 2.05) is 54.6 Å². The van der Waals surface area contributed by atoms with Crippen molar-refractivity contribution in [2.45, 2.75) is 0 Å². The van der Waals surface area contributed by atoms with Crippen LogP contribution in [0.1, 0.15) is 15.9 Å². The summed E-state index contributed by atoms with van der Waals surface area (Å²) in [5, 5.41) is 3.21. The van der Waals surface area contributed by atoms with Crippen LogP contribution in [-0.4, -0.2) is 18.1 Å². The Hall–Kier alpha value is -1.74. The Labute approximate surface area is 112 Å². The molecule has 0 unspecified atom stereocenters. The number of hydrogen-bond acceptors (Lipinski definition) is 3. The lowest BCUT2D eigenvalue weighted by Crippen LogP contribution is -2.04. The predicted molar refractivity (Wildman–Crippen MR) is 78.7 cm³/mol. The fourth-order valence-electron chi connectivity index (χ4n) is 1.70. The van der Waals surface area contributed by atoms with Crippen LogP contribution in [0.5, 0.6) is 0 Å². The van der Waals surface area contributed by atoms with Gasteiger partial charge in [-0.25, -0.2) is 0 Å². The highest BCUT2D eigenvalue weighted by molar-refractivity contribution is 7.80. The van der Waals surface area contributed by atoms with Crippen LogP contribution in [-0.2, 0) is 0 Å². The van der Waals surface area contributed by atoms with Gasteiger partial charge in [0.05, 0.1) is 0 Å². The lowest BCUT2D eigenvalue weighted by Gasteiger charge is -2.05. The molecule has 1 N–H and O–H groups in total. The summed E-state index contributed by atoms with van der Waals surface area (Å²) in [6.45, 7) is 0.815. The Bertz CT molecular complexity index is 508. The number of anilines is 1. The van der Waals surface area contributed by atoms with Gasteiger partial charge in [-0.15, -0.1) is 0 Å². The van der Waals surface area contributed by atoms with Crippen molar-refractivity contribution in [3.8, 4) is 0 Å². The van der Waals surface area contributed by atoms with Crippen LogP contribution in [0.3, 0.4) is 0 Å². The number of rotatable bonds is 5. The van der Waals surface area contributed by atoms with Gasteiger partial charge in [-0.1, -0.05) is 30.3 Å². The van der Waals surface area contributed by atoms with Crippen molar-refractivity contribution in [1.82, 2.24) is 0 Å². The van der Waals surface area contributed by atoms with Gasteiger partial charge in [-0.3, -0.25) is 4.79 Å². The number of thiol groups is 1. The minimum atomic E-state index is 0.0522. The Morgan fingerprint density at radius 3 is 2.17 bits per heavy atom. The maximum absolute atomic E-state index is 12.1. The zero-order valence-electron chi connectivity index (χ0n) is 9.97. The highest BCUT2D eigenvalue weighted by Gasteiger charge is 2.07. The van der Waals surface area contributed by atoms with Crippen molar-refractivity contribution in [1.29, 1.82) is 0 Å². The maximum atomic E-state index is 12.1. The minimum Gasteiger partial charge on any atom is -0.384 e. The first-order valence-corrected chi connectivity index (χ1v) is 6.49. The van der Waals surface area contributed by atoms with Crippen LogP contribution in [0, 0.1) is 0 Å². The predicted octanol–water partition coefficient (Wildman–Crippen LogP) is 3.26. The molecule has 0 saturated heterocycles. The molecule has 2 nitrogen and oxygen atoms in total. The quantitative estimate of drug-likeness (QED) is 0.636. The van der Waals surface area contributed by atoms with Gasteiger partial charge in [0.1, 0.15) is 0 Å². The molecule has 18 heavy (non-hydrogen) atoms. The molecule has 92 valence electrons. The largest absolute Gasteiger partial charge is 0.384 e. The topological polar surface area (TPSA) is 29.1 Å². The smallest absolute Gasteiger partial charge is 0.193 e. The van der Waals surface area contributed by atoms with E-state index >= 15 is 0 Å². The van der Waals surface area contributed by atoms with Gasteiger partial charge in [0.25, 0.3) is 0 Å². The van der Waals surface area contributed by atoms with Crippen LogP contribution in [0.2, 0.25) is 0 Å². The van der Waals surface area contributed by atoms with Crippen molar-refractivity contribution in [2.75, 3.05) is 17.6 Å². The number of carbonyl (C=O) groups is 1. The van der Waals surface area contributed by atoms with Crippen LogP contribution in [0.25, 0.3) is 0 Å². The molecule has 2 aromatic rings. The van der Waals surface area contributed by atoms with Gasteiger partial charge in [-0.2, -0.15) is 12.6 Å². The Morgan fingerprint density at radius 1 is 0.944 bits per heavy atom. The van der Waals surface area contributed by atoms with Gasteiger partial charge in [0.2, 0.25) is 0 Å². The molecule has 0 aliphatic carbocycles. The fourth-order valence-corrected chi connectivity index (χ4v) is 1.81. The molecule has 0 aliphatic heterocycles. The van der Waals surface area contributed by atoms with Gasteiger partial charge < -0.3 is 5.32 Å². The van der Waals surface area contributed by atoms with E-state index in [9.17, 15) is 4.79 Å². The second-order valence-corrected chi connectivity index (χ2v) is 4.37. The molecule has 2 rings (SSSR count). The molecule has 0 atom stereocenters. The zero-order chi connectivity index (χ0) is 12.8. The molecule has 0 radical (unpaired) electrons. The summed E-state index contributed by atoms with van der Waals surface area (Å²) in [6, 6.07) is 16.8. The van der Waals surface area contributed by atoms with E-state index in [-0.39, 0.29) is 5.78 Å². The van der Waals surface area contributed by atoms with E-state index in [4.69, 9.17) is 0 Å². The molecule has 0 spiro atoms. The highest BCUT2D eigenvalue weighted by atomic mass is 32.1. The van der Waals surface area contributed by atoms with Crippen LogP contribution >= 0.6 is 12.6 Å². The zero-order valence-corrected chi connectivity index (χ0v) is 10.9. The third-order valence-electron chi connectivity index (χ3n) is 2.62. The number of ketones is 1. The molecule has 0 amide bonds. The van der Waals surface area contributed by atoms with Crippen molar-refractivity contribution in [3.63, 3.8) is 0 Å². The molecule has 0 aliphatic rings. The average Bonchev–Trinajstić information content (AvgIpc) is 2.46. The summed E-state index contributed by atoms with van der Waals surface area (Å²) < 4.78 is 0. The van der Waals surface area contributed by atoms with Crippen molar-refractivity contribution >= 4 is 24.1 Å². The third kappa shape index (κ3) is 3.14.